The molecule has 1 rings (SSSR count). The molecule has 1 aromatic rings. The van der Waals surface area contributed by atoms with E-state index < -0.39 is 14.6 Å². The van der Waals surface area contributed by atoms with E-state index in [1.165, 1.54) is 0 Å². The average molecular weight is 298 g/mol. The third-order valence-electron chi connectivity index (χ3n) is 3.04. The van der Waals surface area contributed by atoms with Crippen LogP contribution >= 0.6 is 0 Å². The topological polar surface area (TPSA) is 89.3 Å². The molecule has 0 spiro atoms. The van der Waals surface area contributed by atoms with Gasteiger partial charge in [-0.05, 0) is 38.5 Å². The Bertz CT molecular complexity index is 557. The van der Waals surface area contributed by atoms with E-state index in [1.54, 1.807) is 45.0 Å². The Balaban J connectivity index is 2.56. The van der Waals surface area contributed by atoms with Gasteiger partial charge in [0.05, 0.1) is 10.5 Å². The van der Waals surface area contributed by atoms with Crippen LogP contribution in [0, 0.1) is 0 Å². The highest BCUT2D eigenvalue weighted by Crippen LogP contribution is 2.15. The Labute approximate surface area is 120 Å². The predicted octanol–water partition coefficient (Wildman–Crippen LogP) is 1.09. The van der Waals surface area contributed by atoms with E-state index >= 15 is 0 Å². The van der Waals surface area contributed by atoms with Crippen molar-refractivity contribution >= 4 is 15.7 Å². The molecule has 0 atom stereocenters. The molecule has 0 bridgehead atoms. The number of amides is 1. The number of rotatable bonds is 5. The van der Waals surface area contributed by atoms with Crippen LogP contribution in [0.5, 0.6) is 0 Å². The zero-order valence-corrected chi connectivity index (χ0v) is 13.0. The van der Waals surface area contributed by atoms with Gasteiger partial charge in [-0.1, -0.05) is 12.1 Å². The number of carbonyl (C=O) groups excluding carboxylic acids is 1. The van der Waals surface area contributed by atoms with Crippen LogP contribution in [0.3, 0.4) is 0 Å². The number of benzene rings is 1. The van der Waals surface area contributed by atoms with E-state index in [1.807, 2.05) is 0 Å². The van der Waals surface area contributed by atoms with E-state index in [0.29, 0.717) is 12.1 Å². The van der Waals surface area contributed by atoms with Gasteiger partial charge >= 0.3 is 0 Å². The van der Waals surface area contributed by atoms with Gasteiger partial charge in [0, 0.05) is 18.7 Å². The number of nitrogens with one attached hydrogen (secondary N) is 1. The molecule has 0 saturated carbocycles. The lowest BCUT2D eigenvalue weighted by Gasteiger charge is -2.19. The summed E-state index contributed by atoms with van der Waals surface area (Å²) in [6.07, 6.45) is 0. The molecule has 0 radical (unpaired) electrons. The van der Waals surface area contributed by atoms with E-state index in [-0.39, 0.29) is 18.2 Å². The Hall–Kier alpha value is -1.40. The first-order chi connectivity index (χ1) is 9.17. The number of hydrogen-bond acceptors (Lipinski definition) is 4. The minimum atomic E-state index is -3.22. The van der Waals surface area contributed by atoms with Crippen LogP contribution in [0.2, 0.25) is 0 Å². The van der Waals surface area contributed by atoms with Crippen molar-refractivity contribution in [2.45, 2.75) is 32.1 Å². The molecule has 0 aliphatic carbocycles. The quantitative estimate of drug-likeness (QED) is 0.851. The van der Waals surface area contributed by atoms with Crippen molar-refractivity contribution in [1.82, 2.24) is 5.32 Å². The van der Waals surface area contributed by atoms with Crippen LogP contribution < -0.4 is 11.1 Å². The van der Waals surface area contributed by atoms with Gasteiger partial charge in [0.25, 0.3) is 5.91 Å². The van der Waals surface area contributed by atoms with Crippen LogP contribution in [0.15, 0.2) is 24.3 Å². The van der Waals surface area contributed by atoms with Crippen LogP contribution in [0.4, 0.5) is 0 Å². The van der Waals surface area contributed by atoms with Crippen molar-refractivity contribution in [2.75, 3.05) is 12.3 Å². The number of carbonyl (C=O) groups is 1. The Morgan fingerprint density at radius 1 is 1.20 bits per heavy atom. The standard InChI is InChI=1S/C14H22N2O3S/c1-14(2,3)20(18,19)9-8-16-13(17)12-6-4-11(10-15)5-7-12/h4-7H,8-10,15H2,1-3H3,(H,16,17). The second-order valence-corrected chi connectivity index (χ2v) is 8.45. The molecule has 5 nitrogen and oxygen atoms in total. The highest BCUT2D eigenvalue weighted by atomic mass is 32.2. The average Bonchev–Trinajstić information content (AvgIpc) is 2.37. The van der Waals surface area contributed by atoms with E-state index in [4.69, 9.17) is 5.73 Å². The lowest BCUT2D eigenvalue weighted by molar-refractivity contribution is 0.0956. The zero-order chi connectivity index (χ0) is 15.4. The SMILES string of the molecule is CC(C)(C)S(=O)(=O)CCNC(=O)c1ccc(CN)cc1. The molecule has 0 aromatic heterocycles. The molecule has 6 heteroatoms. The van der Waals surface area contributed by atoms with Gasteiger partial charge in [0.2, 0.25) is 0 Å². The van der Waals surface area contributed by atoms with Gasteiger partial charge in [0.15, 0.2) is 9.84 Å². The fraction of sp³-hybridized carbons (Fsp3) is 0.500. The molecule has 1 amide bonds. The summed E-state index contributed by atoms with van der Waals surface area (Å²) < 4.78 is 23.0. The second kappa shape index (κ2) is 6.37. The molecular formula is C14H22N2O3S. The van der Waals surface area contributed by atoms with Crippen molar-refractivity contribution in [3.63, 3.8) is 0 Å². The highest BCUT2D eigenvalue weighted by Gasteiger charge is 2.28. The Morgan fingerprint density at radius 2 is 1.75 bits per heavy atom. The predicted molar refractivity (Wildman–Crippen MR) is 80.2 cm³/mol. The molecular weight excluding hydrogens is 276 g/mol. The van der Waals surface area contributed by atoms with Gasteiger partial charge in [-0.2, -0.15) is 0 Å². The lowest BCUT2D eigenvalue weighted by Crippen LogP contribution is -2.36. The molecule has 3 N–H and O–H groups in total. The maximum Gasteiger partial charge on any atom is 0.251 e. The lowest BCUT2D eigenvalue weighted by atomic mass is 10.1. The summed E-state index contributed by atoms with van der Waals surface area (Å²) in [5.74, 6) is -0.346. The molecule has 0 heterocycles. The minimum absolute atomic E-state index is 0.0663. The summed E-state index contributed by atoms with van der Waals surface area (Å²) in [6, 6.07) is 6.91. The van der Waals surface area contributed by atoms with Crippen molar-refractivity contribution in [3.05, 3.63) is 35.4 Å². The monoisotopic (exact) mass is 298 g/mol. The number of sulfone groups is 1. The van der Waals surface area contributed by atoms with Crippen LogP contribution in [-0.2, 0) is 16.4 Å². The highest BCUT2D eigenvalue weighted by molar-refractivity contribution is 7.92. The van der Waals surface area contributed by atoms with Crippen molar-refractivity contribution in [2.24, 2.45) is 5.73 Å². The van der Waals surface area contributed by atoms with Gasteiger partial charge in [-0.15, -0.1) is 0 Å². The molecule has 0 aliphatic rings. The summed E-state index contributed by atoms with van der Waals surface area (Å²) in [5, 5.41) is 2.62. The number of hydrogen-bond donors (Lipinski definition) is 2. The van der Waals surface area contributed by atoms with E-state index in [9.17, 15) is 13.2 Å². The van der Waals surface area contributed by atoms with Gasteiger partial charge in [-0.3, -0.25) is 4.79 Å². The summed E-state index contributed by atoms with van der Waals surface area (Å²) >= 11 is 0. The fourth-order valence-corrected chi connectivity index (χ4v) is 2.48. The first-order valence-corrected chi connectivity index (χ1v) is 8.12. The third-order valence-corrected chi connectivity index (χ3v) is 5.65. The summed E-state index contributed by atoms with van der Waals surface area (Å²) in [7, 11) is -3.22. The van der Waals surface area contributed by atoms with Crippen LogP contribution in [0.1, 0.15) is 36.7 Å². The largest absolute Gasteiger partial charge is 0.351 e. The molecule has 112 valence electrons. The maximum atomic E-state index is 11.9. The molecule has 1 aromatic carbocycles. The second-order valence-electron chi connectivity index (χ2n) is 5.59. The third kappa shape index (κ3) is 4.31. The van der Waals surface area contributed by atoms with Crippen molar-refractivity contribution in [3.8, 4) is 0 Å². The summed E-state index contributed by atoms with van der Waals surface area (Å²) in [5.41, 5.74) is 6.91. The summed E-state index contributed by atoms with van der Waals surface area (Å²) in [4.78, 5) is 11.8. The molecule has 0 saturated heterocycles. The zero-order valence-electron chi connectivity index (χ0n) is 12.1. The van der Waals surface area contributed by atoms with Crippen LogP contribution in [0.25, 0.3) is 0 Å². The first-order valence-electron chi connectivity index (χ1n) is 6.47. The van der Waals surface area contributed by atoms with Crippen molar-refractivity contribution < 1.29 is 13.2 Å². The summed E-state index contributed by atoms with van der Waals surface area (Å²) in [6.45, 7) is 5.48. The van der Waals surface area contributed by atoms with Gasteiger partial charge in [-0.25, -0.2) is 8.42 Å². The molecule has 0 fully saturated rings. The van der Waals surface area contributed by atoms with Gasteiger partial charge in [0.1, 0.15) is 0 Å². The smallest absolute Gasteiger partial charge is 0.251 e. The molecule has 0 unspecified atom stereocenters. The van der Waals surface area contributed by atoms with Crippen LogP contribution in [-0.4, -0.2) is 31.4 Å². The van der Waals surface area contributed by atoms with Gasteiger partial charge < -0.3 is 11.1 Å². The normalized spacial score (nSPS) is 12.2. The minimum Gasteiger partial charge on any atom is -0.351 e. The Morgan fingerprint density at radius 3 is 2.20 bits per heavy atom. The fourth-order valence-electron chi connectivity index (χ4n) is 1.50. The van der Waals surface area contributed by atoms with E-state index in [0.717, 1.165) is 5.56 Å². The number of nitrogens with two attached hydrogens (primary N) is 1. The maximum absolute atomic E-state index is 11.9. The molecule has 20 heavy (non-hydrogen) atoms. The Kier molecular flexibility index (Phi) is 5.30. The van der Waals surface area contributed by atoms with E-state index in [2.05, 4.69) is 5.32 Å². The molecule has 0 aliphatic heterocycles. The van der Waals surface area contributed by atoms with Crippen molar-refractivity contribution in [1.29, 1.82) is 0 Å². The first kappa shape index (κ1) is 16.7.